The normalized spacial score (nSPS) is 28.5. The molecule has 23 heavy (non-hydrogen) atoms. The van der Waals surface area contributed by atoms with Gasteiger partial charge in [-0.15, -0.1) is 13.2 Å². The number of nitrogens with two attached hydrogens (primary N) is 1. The second-order valence-electron chi connectivity index (χ2n) is 6.53. The van der Waals surface area contributed by atoms with Crippen LogP contribution in [0, 0.1) is 0 Å². The van der Waals surface area contributed by atoms with Gasteiger partial charge in [-0.05, 0) is 25.9 Å². The zero-order valence-electron chi connectivity index (χ0n) is 13.1. The lowest BCUT2D eigenvalue weighted by molar-refractivity contribution is -0.0174. The molecular formula is C14H21BrN5O2P. The first kappa shape index (κ1) is 16.9. The molecule has 126 valence electrons. The Morgan fingerprint density at radius 3 is 2.87 bits per heavy atom. The van der Waals surface area contributed by atoms with Crippen LogP contribution >= 0.6 is 22.8 Å². The monoisotopic (exact) mass is 401 g/mol. The van der Waals surface area contributed by atoms with Gasteiger partial charge in [0.2, 0.25) is 0 Å². The maximum atomic E-state index is 10.5. The number of ether oxygens (including phenoxy) is 1. The van der Waals surface area contributed by atoms with Gasteiger partial charge in [-0.2, -0.15) is 0 Å². The zero-order chi connectivity index (χ0) is 16.8. The van der Waals surface area contributed by atoms with Crippen LogP contribution in [0.5, 0.6) is 0 Å². The van der Waals surface area contributed by atoms with Crippen molar-refractivity contribution < 1.29 is 9.84 Å². The van der Waals surface area contributed by atoms with E-state index in [1.165, 1.54) is 6.33 Å². The van der Waals surface area contributed by atoms with E-state index in [1.54, 1.807) is 10.9 Å². The van der Waals surface area contributed by atoms with E-state index in [1.807, 2.05) is 0 Å². The molecule has 1 aliphatic rings. The Balaban J connectivity index is 1.85. The predicted octanol–water partition coefficient (Wildman–Crippen LogP) is 1.53. The van der Waals surface area contributed by atoms with Gasteiger partial charge in [0, 0.05) is 0 Å². The highest BCUT2D eigenvalue weighted by Crippen LogP contribution is 2.41. The Morgan fingerprint density at radius 2 is 2.17 bits per heavy atom. The van der Waals surface area contributed by atoms with Gasteiger partial charge < -0.3 is 15.6 Å². The van der Waals surface area contributed by atoms with Crippen molar-refractivity contribution in [3.63, 3.8) is 0 Å². The topological polar surface area (TPSA) is 99.1 Å². The van der Waals surface area contributed by atoms with Crippen molar-refractivity contribution in [1.29, 1.82) is 0 Å². The molecule has 1 fully saturated rings. The van der Waals surface area contributed by atoms with Gasteiger partial charge in [0.25, 0.3) is 0 Å². The molecule has 0 radical (unpaired) electrons. The highest BCUT2D eigenvalue weighted by Gasteiger charge is 2.43. The molecule has 3 heterocycles. The minimum atomic E-state index is -1.15. The Kier molecular flexibility index (Phi) is 4.53. The third-order valence-electron chi connectivity index (χ3n) is 3.97. The van der Waals surface area contributed by atoms with Crippen LogP contribution in [-0.2, 0) is 4.74 Å². The summed E-state index contributed by atoms with van der Waals surface area (Å²) in [7, 11) is 0. The van der Waals surface area contributed by atoms with Gasteiger partial charge in [-0.3, -0.25) is 4.57 Å². The molecule has 0 spiro atoms. The lowest BCUT2D eigenvalue weighted by Crippen LogP contribution is -2.28. The predicted molar refractivity (Wildman–Crippen MR) is 97.7 cm³/mol. The van der Waals surface area contributed by atoms with Crippen LogP contribution in [0.4, 0.5) is 5.82 Å². The van der Waals surface area contributed by atoms with E-state index in [0.29, 0.717) is 17.0 Å². The van der Waals surface area contributed by atoms with Crippen LogP contribution in [0.15, 0.2) is 12.7 Å². The Bertz CT molecular complexity index is 761. The van der Waals surface area contributed by atoms with E-state index in [4.69, 9.17) is 10.5 Å². The largest absolute Gasteiger partial charge is 0.389 e. The number of alkyl halides is 1. The van der Waals surface area contributed by atoms with E-state index in [9.17, 15) is 5.11 Å². The molecule has 7 nitrogen and oxygen atoms in total. The summed E-state index contributed by atoms with van der Waals surface area (Å²) in [6.45, 7) is 3.21. The summed E-state index contributed by atoms with van der Waals surface area (Å²) < 4.78 is 7.88. The van der Waals surface area contributed by atoms with Crippen LogP contribution in [0.2, 0.25) is 0 Å². The molecule has 9 heteroatoms. The molecule has 2 aromatic heterocycles. The number of imidazole rings is 1. The van der Waals surface area contributed by atoms with E-state index in [0.717, 1.165) is 12.6 Å². The van der Waals surface area contributed by atoms with Crippen molar-refractivity contribution in [2.75, 3.05) is 25.2 Å². The molecule has 3 N–H and O–H groups in total. The molecule has 0 aliphatic carbocycles. The van der Waals surface area contributed by atoms with Crippen molar-refractivity contribution in [3.05, 3.63) is 12.7 Å². The number of aromatic nitrogens is 4. The first-order valence-electron chi connectivity index (χ1n) is 7.36. The zero-order valence-corrected chi connectivity index (χ0v) is 15.6. The maximum absolute atomic E-state index is 10.5. The number of fused-ring (bicyclic) bond motifs is 1. The second kappa shape index (κ2) is 6.16. The first-order valence-corrected chi connectivity index (χ1v) is 11.3. The summed E-state index contributed by atoms with van der Waals surface area (Å²) in [6, 6.07) is 0. The summed E-state index contributed by atoms with van der Waals surface area (Å²) >= 11 is 3.55. The van der Waals surface area contributed by atoms with Gasteiger partial charge in [0.15, 0.2) is 17.7 Å². The van der Waals surface area contributed by atoms with Crippen LogP contribution in [0.25, 0.3) is 11.2 Å². The highest BCUT2D eigenvalue weighted by molar-refractivity contribution is 9.09. The molecule has 0 bridgehead atoms. The van der Waals surface area contributed by atoms with Crippen molar-refractivity contribution in [3.8, 4) is 0 Å². The van der Waals surface area contributed by atoms with Gasteiger partial charge >= 0.3 is 0 Å². The van der Waals surface area contributed by atoms with Crippen LogP contribution in [-0.4, -0.2) is 67.5 Å². The third kappa shape index (κ3) is 3.31. The maximum Gasteiger partial charge on any atom is 0.167 e. The van der Waals surface area contributed by atoms with Gasteiger partial charge in [-0.25, -0.2) is 15.0 Å². The Morgan fingerprint density at radius 1 is 1.43 bits per heavy atom. The summed E-state index contributed by atoms with van der Waals surface area (Å²) in [5, 5.41) is 10.5. The van der Waals surface area contributed by atoms with Crippen LogP contribution < -0.4 is 5.73 Å². The number of aliphatic hydroxyl groups is 1. The Labute approximate surface area is 143 Å². The minimum Gasteiger partial charge on any atom is -0.389 e. The quantitative estimate of drug-likeness (QED) is 0.595. The van der Waals surface area contributed by atoms with Gasteiger partial charge in [0.1, 0.15) is 11.8 Å². The number of nitrogens with zero attached hydrogens (tertiary/aromatic N) is 4. The smallest absolute Gasteiger partial charge is 0.167 e. The van der Waals surface area contributed by atoms with Crippen molar-refractivity contribution in [2.24, 2.45) is 0 Å². The molecule has 2 aromatic rings. The van der Waals surface area contributed by atoms with E-state index >= 15 is 0 Å². The summed E-state index contributed by atoms with van der Waals surface area (Å²) in [5.41, 5.74) is 6.96. The standard InChI is InChI=1S/C14H21BrN5O2P/c1-23(2,3)5-4-8-11(21)9(15)14(22-8)20-7-19-10-12(16)17-6-18-13(10)20/h6-9,11,14,21H,1,4-5H2,2-3H3,(H2,16,17,18)/t8-,9-,11-,14-/m1/s1. The number of aliphatic hydroxyl groups excluding tert-OH is 1. The molecule has 0 amide bonds. The average Bonchev–Trinajstić information content (AvgIpc) is 3.01. The number of hydrogen-bond donors (Lipinski definition) is 2. The number of anilines is 1. The van der Waals surface area contributed by atoms with Gasteiger partial charge in [-0.1, -0.05) is 15.9 Å². The second-order valence-corrected chi connectivity index (χ2v) is 11.9. The van der Waals surface area contributed by atoms with Gasteiger partial charge in [0.05, 0.1) is 23.4 Å². The SMILES string of the molecule is C=P(C)(C)CC[C@H]1O[C@@H](n2cnc3c(N)ncnc32)[C@H](Br)[C@@H]1O. The fourth-order valence-electron chi connectivity index (χ4n) is 2.70. The minimum absolute atomic E-state index is 0.234. The van der Waals surface area contributed by atoms with Crippen LogP contribution in [0.1, 0.15) is 12.6 Å². The molecule has 0 aromatic carbocycles. The Hall–Kier alpha value is -0.950. The molecular weight excluding hydrogens is 381 g/mol. The lowest BCUT2D eigenvalue weighted by atomic mass is 10.1. The van der Waals surface area contributed by atoms with Crippen LogP contribution in [0.3, 0.4) is 0 Å². The van der Waals surface area contributed by atoms with E-state index in [-0.39, 0.29) is 17.2 Å². The van der Waals surface area contributed by atoms with Crippen molar-refractivity contribution in [1.82, 2.24) is 19.5 Å². The lowest BCUT2D eigenvalue weighted by Gasteiger charge is -2.18. The molecule has 3 rings (SSSR count). The number of rotatable bonds is 4. The fourth-order valence-corrected chi connectivity index (χ4v) is 4.37. The average molecular weight is 402 g/mol. The van der Waals surface area contributed by atoms with Crippen molar-refractivity contribution in [2.45, 2.75) is 29.7 Å². The third-order valence-corrected chi connectivity index (χ3v) is 6.44. The molecule has 1 saturated heterocycles. The van der Waals surface area contributed by atoms with E-state index < -0.39 is 13.0 Å². The van der Waals surface area contributed by atoms with Crippen molar-refractivity contribution >= 4 is 46.1 Å². The first-order chi connectivity index (χ1) is 10.8. The number of nitrogen functional groups attached to an aromatic ring is 1. The number of halogens is 1. The number of hydrogen-bond acceptors (Lipinski definition) is 6. The molecule has 1 aliphatic heterocycles. The highest BCUT2D eigenvalue weighted by atomic mass is 79.9. The fraction of sp³-hybridized carbons (Fsp3) is 0.571. The van der Waals surface area contributed by atoms with E-state index in [2.05, 4.69) is 50.5 Å². The summed E-state index contributed by atoms with van der Waals surface area (Å²) in [6.07, 6.45) is 7.78. The molecule has 4 atom stereocenters. The summed E-state index contributed by atoms with van der Waals surface area (Å²) in [4.78, 5) is 12.2. The summed E-state index contributed by atoms with van der Waals surface area (Å²) in [5.74, 6) is 0.332. The molecule has 0 saturated carbocycles. The molecule has 0 unspecified atom stereocenters.